The van der Waals surface area contributed by atoms with E-state index in [0.29, 0.717) is 38.6 Å². The first-order valence-corrected chi connectivity index (χ1v) is 5.85. The molecule has 1 aliphatic rings. The average molecular weight is 254 g/mol. The Bertz CT molecular complexity index is 421. The molecular formula is C11H15FN4O2. The minimum atomic E-state index is -0.548. The zero-order valence-electron chi connectivity index (χ0n) is 10.2. The topological polar surface area (TPSA) is 58.6 Å². The molecule has 98 valence electrons. The summed E-state index contributed by atoms with van der Waals surface area (Å²) in [6.07, 6.45) is 0.897. The van der Waals surface area contributed by atoms with Crippen LogP contribution in [0.25, 0.3) is 0 Å². The van der Waals surface area contributed by atoms with E-state index < -0.39 is 5.95 Å². The molecule has 0 unspecified atom stereocenters. The van der Waals surface area contributed by atoms with Gasteiger partial charge in [0.2, 0.25) is 5.95 Å². The summed E-state index contributed by atoms with van der Waals surface area (Å²) in [4.78, 5) is 22.5. The molecule has 1 fully saturated rings. The van der Waals surface area contributed by atoms with Crippen LogP contribution in [-0.4, -0.2) is 53.7 Å². The second-order valence-corrected chi connectivity index (χ2v) is 3.87. The van der Waals surface area contributed by atoms with Crippen molar-refractivity contribution in [1.82, 2.24) is 14.9 Å². The van der Waals surface area contributed by atoms with Crippen molar-refractivity contribution in [3.8, 4) is 0 Å². The highest BCUT2D eigenvalue weighted by molar-refractivity contribution is 5.68. The summed E-state index contributed by atoms with van der Waals surface area (Å²) in [5, 5.41) is 0. The zero-order chi connectivity index (χ0) is 13.0. The average Bonchev–Trinajstić information content (AvgIpc) is 2.39. The largest absolute Gasteiger partial charge is 0.450 e. The van der Waals surface area contributed by atoms with Gasteiger partial charge in [0.05, 0.1) is 6.61 Å². The molecule has 0 bridgehead atoms. The van der Waals surface area contributed by atoms with Gasteiger partial charge in [-0.2, -0.15) is 4.39 Å². The molecule has 7 heteroatoms. The second-order valence-electron chi connectivity index (χ2n) is 3.87. The van der Waals surface area contributed by atoms with Crippen molar-refractivity contribution in [2.75, 3.05) is 37.7 Å². The molecule has 0 radical (unpaired) electrons. The normalized spacial score (nSPS) is 15.7. The lowest BCUT2D eigenvalue weighted by Gasteiger charge is -2.34. The fraction of sp³-hybridized carbons (Fsp3) is 0.545. The van der Waals surface area contributed by atoms with E-state index >= 15 is 0 Å². The third-order valence-corrected chi connectivity index (χ3v) is 2.75. The number of piperazine rings is 1. The van der Waals surface area contributed by atoms with Gasteiger partial charge in [0, 0.05) is 32.2 Å². The molecule has 18 heavy (non-hydrogen) atoms. The van der Waals surface area contributed by atoms with Crippen molar-refractivity contribution in [3.05, 3.63) is 18.3 Å². The van der Waals surface area contributed by atoms with Gasteiger partial charge in [-0.05, 0) is 6.92 Å². The van der Waals surface area contributed by atoms with E-state index in [-0.39, 0.29) is 6.09 Å². The summed E-state index contributed by atoms with van der Waals surface area (Å²) in [6.45, 7) is 4.45. The van der Waals surface area contributed by atoms with Crippen LogP contribution in [-0.2, 0) is 4.74 Å². The second kappa shape index (κ2) is 5.61. The van der Waals surface area contributed by atoms with Gasteiger partial charge in [-0.1, -0.05) is 0 Å². The van der Waals surface area contributed by atoms with Crippen LogP contribution >= 0.6 is 0 Å². The lowest BCUT2D eigenvalue weighted by molar-refractivity contribution is 0.105. The SMILES string of the molecule is CCOC(=O)N1CCN(c2cc(F)ncn2)CC1. The fourth-order valence-electron chi connectivity index (χ4n) is 1.83. The Hall–Kier alpha value is -1.92. The number of hydrogen-bond donors (Lipinski definition) is 0. The van der Waals surface area contributed by atoms with Crippen LogP contribution in [0.5, 0.6) is 0 Å². The maximum atomic E-state index is 13.0. The summed E-state index contributed by atoms with van der Waals surface area (Å²) in [6, 6.07) is 1.29. The molecule has 2 rings (SSSR count). The Balaban J connectivity index is 1.92. The molecule has 1 saturated heterocycles. The number of hydrogen-bond acceptors (Lipinski definition) is 5. The van der Waals surface area contributed by atoms with Gasteiger partial charge in [0.15, 0.2) is 0 Å². The van der Waals surface area contributed by atoms with Crippen LogP contribution in [0.1, 0.15) is 6.92 Å². The van der Waals surface area contributed by atoms with Gasteiger partial charge in [-0.3, -0.25) is 0 Å². The quantitative estimate of drug-likeness (QED) is 0.734. The van der Waals surface area contributed by atoms with Crippen molar-refractivity contribution >= 4 is 11.9 Å². The molecule has 1 aromatic rings. The molecule has 0 atom stereocenters. The lowest BCUT2D eigenvalue weighted by Crippen LogP contribution is -2.49. The summed E-state index contributed by atoms with van der Waals surface area (Å²) in [5.41, 5.74) is 0. The number of rotatable bonds is 2. The first-order chi connectivity index (χ1) is 8.70. The van der Waals surface area contributed by atoms with Gasteiger partial charge >= 0.3 is 6.09 Å². The smallest absolute Gasteiger partial charge is 0.409 e. The van der Waals surface area contributed by atoms with Crippen LogP contribution in [0.2, 0.25) is 0 Å². The summed E-state index contributed by atoms with van der Waals surface area (Å²) >= 11 is 0. The first kappa shape index (κ1) is 12.5. The molecule has 0 N–H and O–H groups in total. The molecule has 6 nitrogen and oxygen atoms in total. The molecule has 1 aliphatic heterocycles. The summed E-state index contributed by atoms with van der Waals surface area (Å²) in [7, 11) is 0. The van der Waals surface area contributed by atoms with Crippen LogP contribution in [0.4, 0.5) is 15.0 Å². The maximum Gasteiger partial charge on any atom is 0.409 e. The lowest BCUT2D eigenvalue weighted by atomic mass is 10.3. The third kappa shape index (κ3) is 2.85. The highest BCUT2D eigenvalue weighted by Gasteiger charge is 2.22. The van der Waals surface area contributed by atoms with E-state index in [9.17, 15) is 9.18 Å². The summed E-state index contributed by atoms with van der Waals surface area (Å²) in [5.74, 6) is -0.00108. The third-order valence-electron chi connectivity index (χ3n) is 2.75. The Labute approximate surface area is 104 Å². The summed E-state index contributed by atoms with van der Waals surface area (Å²) < 4.78 is 17.9. The van der Waals surface area contributed by atoms with Crippen molar-refractivity contribution in [2.45, 2.75) is 6.92 Å². The van der Waals surface area contributed by atoms with E-state index in [0.717, 1.165) is 0 Å². The van der Waals surface area contributed by atoms with Crippen LogP contribution in [0.15, 0.2) is 12.4 Å². The number of ether oxygens (including phenoxy) is 1. The number of amides is 1. The monoisotopic (exact) mass is 254 g/mol. The van der Waals surface area contributed by atoms with Gasteiger partial charge in [-0.25, -0.2) is 14.8 Å². The van der Waals surface area contributed by atoms with Crippen LogP contribution < -0.4 is 4.90 Å². The van der Waals surface area contributed by atoms with Crippen molar-refractivity contribution in [1.29, 1.82) is 0 Å². The zero-order valence-corrected chi connectivity index (χ0v) is 10.2. The molecule has 0 spiro atoms. The number of anilines is 1. The number of carbonyl (C=O) groups excluding carboxylic acids is 1. The Kier molecular flexibility index (Phi) is 3.91. The van der Waals surface area contributed by atoms with Gasteiger partial charge in [0.1, 0.15) is 12.1 Å². The Morgan fingerprint density at radius 2 is 2.11 bits per heavy atom. The van der Waals surface area contributed by atoms with Gasteiger partial charge < -0.3 is 14.5 Å². The molecule has 0 aliphatic carbocycles. The minimum absolute atomic E-state index is 0.300. The highest BCUT2D eigenvalue weighted by atomic mass is 19.1. The number of nitrogens with zero attached hydrogens (tertiary/aromatic N) is 4. The minimum Gasteiger partial charge on any atom is -0.450 e. The predicted molar refractivity (Wildman–Crippen MR) is 62.8 cm³/mol. The van der Waals surface area contributed by atoms with E-state index in [4.69, 9.17) is 4.74 Å². The molecule has 0 saturated carbocycles. The molecule has 1 aromatic heterocycles. The van der Waals surface area contributed by atoms with Crippen LogP contribution in [0.3, 0.4) is 0 Å². The molecule has 2 heterocycles. The number of halogens is 1. The molecule has 1 amide bonds. The van der Waals surface area contributed by atoms with Crippen molar-refractivity contribution in [3.63, 3.8) is 0 Å². The van der Waals surface area contributed by atoms with Crippen molar-refractivity contribution in [2.24, 2.45) is 0 Å². The molecule has 0 aromatic carbocycles. The van der Waals surface area contributed by atoms with Crippen LogP contribution in [0, 0.1) is 5.95 Å². The fourth-order valence-corrected chi connectivity index (χ4v) is 1.83. The number of carbonyl (C=O) groups is 1. The van der Waals surface area contributed by atoms with E-state index in [1.165, 1.54) is 12.4 Å². The van der Waals surface area contributed by atoms with E-state index in [2.05, 4.69) is 9.97 Å². The molecular weight excluding hydrogens is 239 g/mol. The Morgan fingerprint density at radius 3 is 2.72 bits per heavy atom. The highest BCUT2D eigenvalue weighted by Crippen LogP contribution is 2.13. The van der Waals surface area contributed by atoms with Crippen molar-refractivity contribution < 1.29 is 13.9 Å². The standard InChI is InChI=1S/C11H15FN4O2/c1-2-18-11(17)16-5-3-15(4-6-16)10-7-9(12)13-8-14-10/h7-8H,2-6H2,1H3. The van der Waals surface area contributed by atoms with Gasteiger partial charge in [0.25, 0.3) is 0 Å². The van der Waals surface area contributed by atoms with E-state index in [1.54, 1.807) is 11.8 Å². The van der Waals surface area contributed by atoms with Gasteiger partial charge in [-0.15, -0.1) is 0 Å². The predicted octanol–water partition coefficient (Wildman–Crippen LogP) is 0.894. The first-order valence-electron chi connectivity index (χ1n) is 5.85. The maximum absolute atomic E-state index is 13.0. The Morgan fingerprint density at radius 1 is 1.39 bits per heavy atom. The number of aromatic nitrogens is 2. The van der Waals surface area contributed by atoms with E-state index in [1.807, 2.05) is 4.90 Å².